The van der Waals surface area contributed by atoms with Crippen LogP contribution in [0.15, 0.2) is 30.0 Å². The molecule has 8 heteroatoms. The molecule has 0 atom stereocenters. The number of carboxylic acids is 2. The molecule has 0 aromatic heterocycles. The Morgan fingerprint density at radius 3 is 2.47 bits per heavy atom. The van der Waals surface area contributed by atoms with Crippen LogP contribution < -0.4 is 5.32 Å². The highest BCUT2D eigenvalue weighted by Crippen LogP contribution is 2.26. The standard InChI is InChI=1S/C11H10N2O6/c1-6-2-3-7(9(4-6)13(18)19)12-8(11(16)17)5-10(14)15/h2-5,12H,1H3,(H,14,15)(H,16,17)/b8-5-. The summed E-state index contributed by atoms with van der Waals surface area (Å²) in [6, 6.07) is 4.10. The molecule has 1 aromatic carbocycles. The molecule has 0 radical (unpaired) electrons. The van der Waals surface area contributed by atoms with E-state index in [1.54, 1.807) is 6.92 Å². The summed E-state index contributed by atoms with van der Waals surface area (Å²) in [6.07, 6.45) is 0.423. The van der Waals surface area contributed by atoms with Gasteiger partial charge in [0, 0.05) is 6.07 Å². The van der Waals surface area contributed by atoms with Crippen molar-refractivity contribution in [1.82, 2.24) is 0 Å². The fraction of sp³-hybridized carbons (Fsp3) is 0.0909. The molecule has 0 amide bonds. The van der Waals surface area contributed by atoms with Crippen molar-refractivity contribution in [3.63, 3.8) is 0 Å². The van der Waals surface area contributed by atoms with Crippen LogP contribution in [0.5, 0.6) is 0 Å². The molecule has 0 aliphatic rings. The van der Waals surface area contributed by atoms with Crippen LogP contribution in [0.3, 0.4) is 0 Å². The Labute approximate surface area is 107 Å². The number of aryl methyl sites for hydroxylation is 1. The largest absolute Gasteiger partial charge is 0.478 e. The van der Waals surface area contributed by atoms with E-state index in [1.807, 2.05) is 0 Å². The summed E-state index contributed by atoms with van der Waals surface area (Å²) in [5.74, 6) is -3.00. The van der Waals surface area contributed by atoms with E-state index in [0.717, 1.165) is 0 Å². The molecule has 0 bridgehead atoms. The van der Waals surface area contributed by atoms with Gasteiger partial charge in [-0.25, -0.2) is 9.59 Å². The van der Waals surface area contributed by atoms with Gasteiger partial charge < -0.3 is 15.5 Å². The van der Waals surface area contributed by atoms with Gasteiger partial charge in [0.1, 0.15) is 11.4 Å². The molecule has 0 saturated carbocycles. The smallest absolute Gasteiger partial charge is 0.352 e. The molecule has 0 fully saturated rings. The van der Waals surface area contributed by atoms with Crippen molar-refractivity contribution in [3.8, 4) is 0 Å². The maximum atomic E-state index is 10.8. The zero-order valence-corrected chi connectivity index (χ0v) is 9.78. The topological polar surface area (TPSA) is 130 Å². The van der Waals surface area contributed by atoms with E-state index in [0.29, 0.717) is 11.6 Å². The number of carboxylic acid groups (broad SMARTS) is 2. The summed E-state index contributed by atoms with van der Waals surface area (Å²) < 4.78 is 0. The quantitative estimate of drug-likeness (QED) is 0.416. The monoisotopic (exact) mass is 266 g/mol. The highest BCUT2D eigenvalue weighted by molar-refractivity contribution is 5.97. The zero-order chi connectivity index (χ0) is 14.6. The first kappa shape index (κ1) is 14.2. The Morgan fingerprint density at radius 2 is 2.00 bits per heavy atom. The lowest BCUT2D eigenvalue weighted by atomic mass is 10.2. The molecular formula is C11H10N2O6. The second-order valence-electron chi connectivity index (χ2n) is 3.60. The fourth-order valence-corrected chi connectivity index (χ4v) is 1.32. The minimum atomic E-state index is -1.53. The normalized spacial score (nSPS) is 10.9. The number of carbonyl (C=O) groups is 2. The van der Waals surface area contributed by atoms with Gasteiger partial charge in [0.15, 0.2) is 0 Å². The Kier molecular flexibility index (Phi) is 4.19. The number of hydrogen-bond acceptors (Lipinski definition) is 5. The van der Waals surface area contributed by atoms with E-state index >= 15 is 0 Å². The van der Waals surface area contributed by atoms with Gasteiger partial charge in [0.25, 0.3) is 5.69 Å². The second kappa shape index (κ2) is 5.63. The van der Waals surface area contributed by atoms with E-state index in [1.165, 1.54) is 18.2 Å². The van der Waals surface area contributed by atoms with Gasteiger partial charge in [-0.05, 0) is 18.6 Å². The van der Waals surface area contributed by atoms with Gasteiger partial charge in [-0.3, -0.25) is 10.1 Å². The fourth-order valence-electron chi connectivity index (χ4n) is 1.32. The summed E-state index contributed by atoms with van der Waals surface area (Å²) in [5.41, 5.74) is -0.473. The van der Waals surface area contributed by atoms with E-state index < -0.39 is 22.6 Å². The molecule has 0 saturated heterocycles. The van der Waals surface area contributed by atoms with Crippen LogP contribution in [-0.4, -0.2) is 27.1 Å². The van der Waals surface area contributed by atoms with E-state index in [-0.39, 0.29) is 11.4 Å². The first-order valence-electron chi connectivity index (χ1n) is 5.01. The lowest BCUT2D eigenvalue weighted by molar-refractivity contribution is -0.384. The molecule has 0 heterocycles. The number of rotatable bonds is 5. The average Bonchev–Trinajstić information content (AvgIpc) is 2.29. The van der Waals surface area contributed by atoms with Crippen molar-refractivity contribution >= 4 is 23.3 Å². The number of benzene rings is 1. The van der Waals surface area contributed by atoms with Crippen LogP contribution in [0.25, 0.3) is 0 Å². The molecule has 3 N–H and O–H groups in total. The maximum absolute atomic E-state index is 10.8. The molecule has 0 unspecified atom stereocenters. The van der Waals surface area contributed by atoms with Crippen LogP contribution >= 0.6 is 0 Å². The molecule has 0 spiro atoms. The van der Waals surface area contributed by atoms with Crippen molar-refractivity contribution in [1.29, 1.82) is 0 Å². The number of nitrogens with zero attached hydrogens (tertiary/aromatic N) is 1. The summed E-state index contributed by atoms with van der Waals surface area (Å²) in [5, 5.41) is 30.4. The second-order valence-corrected chi connectivity index (χ2v) is 3.60. The van der Waals surface area contributed by atoms with Gasteiger partial charge in [0.05, 0.1) is 11.0 Å². The molecular weight excluding hydrogens is 256 g/mol. The number of anilines is 1. The third kappa shape index (κ3) is 3.80. The van der Waals surface area contributed by atoms with Crippen molar-refractivity contribution in [3.05, 3.63) is 45.6 Å². The third-order valence-corrected chi connectivity index (χ3v) is 2.12. The predicted molar refractivity (Wildman–Crippen MR) is 64.8 cm³/mol. The minimum absolute atomic E-state index is 0.0921. The van der Waals surface area contributed by atoms with Crippen molar-refractivity contribution in [2.75, 3.05) is 5.32 Å². The molecule has 8 nitrogen and oxygen atoms in total. The minimum Gasteiger partial charge on any atom is -0.478 e. The molecule has 1 aromatic rings. The van der Waals surface area contributed by atoms with Crippen LogP contribution in [0, 0.1) is 17.0 Å². The summed E-state index contributed by atoms with van der Waals surface area (Å²) in [7, 11) is 0. The molecule has 0 aliphatic heterocycles. The van der Waals surface area contributed by atoms with Crippen LogP contribution in [0.2, 0.25) is 0 Å². The lowest BCUT2D eigenvalue weighted by Gasteiger charge is -2.07. The summed E-state index contributed by atoms with van der Waals surface area (Å²) in [4.78, 5) is 31.4. The highest BCUT2D eigenvalue weighted by atomic mass is 16.6. The van der Waals surface area contributed by atoms with Gasteiger partial charge in [-0.2, -0.15) is 0 Å². The van der Waals surface area contributed by atoms with Crippen LogP contribution in [-0.2, 0) is 9.59 Å². The molecule has 100 valence electrons. The lowest BCUT2D eigenvalue weighted by Crippen LogP contribution is -2.13. The molecule has 1 rings (SSSR count). The Morgan fingerprint density at radius 1 is 1.37 bits per heavy atom. The average molecular weight is 266 g/mol. The number of nitrogens with one attached hydrogen (secondary N) is 1. The zero-order valence-electron chi connectivity index (χ0n) is 9.78. The number of aliphatic carboxylic acids is 2. The Balaban J connectivity index is 3.20. The van der Waals surface area contributed by atoms with E-state index in [9.17, 15) is 19.7 Å². The first-order valence-corrected chi connectivity index (χ1v) is 5.01. The Bertz CT molecular complexity index is 579. The van der Waals surface area contributed by atoms with Crippen LogP contribution in [0.1, 0.15) is 5.56 Å². The van der Waals surface area contributed by atoms with Crippen molar-refractivity contribution < 1.29 is 24.7 Å². The van der Waals surface area contributed by atoms with Gasteiger partial charge in [-0.1, -0.05) is 6.07 Å². The summed E-state index contributed by atoms with van der Waals surface area (Å²) >= 11 is 0. The third-order valence-electron chi connectivity index (χ3n) is 2.12. The first-order chi connectivity index (χ1) is 8.81. The predicted octanol–water partition coefficient (Wildman–Crippen LogP) is 1.37. The summed E-state index contributed by atoms with van der Waals surface area (Å²) in [6.45, 7) is 1.64. The number of nitro groups is 1. The van der Waals surface area contributed by atoms with Crippen molar-refractivity contribution in [2.45, 2.75) is 6.92 Å². The molecule has 0 aliphatic carbocycles. The number of nitro benzene ring substituents is 1. The van der Waals surface area contributed by atoms with E-state index in [4.69, 9.17) is 10.2 Å². The molecule has 19 heavy (non-hydrogen) atoms. The highest BCUT2D eigenvalue weighted by Gasteiger charge is 2.17. The van der Waals surface area contributed by atoms with E-state index in [2.05, 4.69) is 5.32 Å². The SMILES string of the molecule is Cc1ccc(N/C(=C\C(=O)O)C(=O)O)c([N+](=O)[O-])c1. The Hall–Kier alpha value is -2.90. The van der Waals surface area contributed by atoms with Gasteiger partial charge in [0.2, 0.25) is 0 Å². The van der Waals surface area contributed by atoms with Crippen molar-refractivity contribution in [2.24, 2.45) is 0 Å². The van der Waals surface area contributed by atoms with Gasteiger partial charge in [-0.15, -0.1) is 0 Å². The maximum Gasteiger partial charge on any atom is 0.352 e. The van der Waals surface area contributed by atoms with Gasteiger partial charge >= 0.3 is 11.9 Å². The van der Waals surface area contributed by atoms with Crippen LogP contribution in [0.4, 0.5) is 11.4 Å². The number of hydrogen-bond donors (Lipinski definition) is 3.